The Morgan fingerprint density at radius 3 is 2.62 bits per heavy atom. The average Bonchev–Trinajstić information content (AvgIpc) is 3.07. The van der Waals surface area contributed by atoms with Gasteiger partial charge in [-0.1, -0.05) is 18.2 Å². The third kappa shape index (κ3) is 2.56. The van der Waals surface area contributed by atoms with E-state index in [1.54, 1.807) is 30.0 Å². The van der Waals surface area contributed by atoms with Crippen molar-refractivity contribution in [3.05, 3.63) is 36.4 Å². The molecular weight excluding hydrogens is 290 g/mol. The van der Waals surface area contributed by atoms with Gasteiger partial charge in [0, 0.05) is 10.6 Å². The predicted octanol–water partition coefficient (Wildman–Crippen LogP) is 2.00. The number of hydrogen-bond acceptors (Lipinski definition) is 4. The second-order valence-corrected chi connectivity index (χ2v) is 5.94. The van der Waals surface area contributed by atoms with Crippen LogP contribution in [0, 0.1) is 11.8 Å². The molecule has 1 fully saturated rings. The fourth-order valence-corrected chi connectivity index (χ4v) is 3.30. The number of aliphatic carboxylic acids is 1. The maximum Gasteiger partial charge on any atom is 0.310 e. The lowest BCUT2D eigenvalue weighted by Crippen LogP contribution is -2.39. The molecular formula is C15H15NO4S. The van der Waals surface area contributed by atoms with E-state index in [0.29, 0.717) is 5.69 Å². The summed E-state index contributed by atoms with van der Waals surface area (Å²) in [5, 5.41) is 12.1. The van der Waals surface area contributed by atoms with E-state index in [0.717, 1.165) is 4.90 Å². The number of carbonyl (C=O) groups excluding carboxylic acids is 1. The van der Waals surface area contributed by atoms with Crippen LogP contribution in [0.15, 0.2) is 41.3 Å². The first-order valence-corrected chi connectivity index (χ1v) is 7.84. The van der Waals surface area contributed by atoms with Crippen LogP contribution in [0.3, 0.4) is 0 Å². The lowest BCUT2D eigenvalue weighted by Gasteiger charge is -2.21. The standard InChI is InChI=1S/C15H15NO4S/c1-21-9-4-2-3-8(7-9)16-14(17)12-10-5-6-11(20-10)13(12)15(18)19/h2-7,10-13H,1H3,(H,16,17)(H,18,19)/t10-,11-,12-,13-/m0/s1. The molecule has 5 nitrogen and oxygen atoms in total. The zero-order chi connectivity index (χ0) is 15.0. The van der Waals surface area contributed by atoms with Gasteiger partial charge >= 0.3 is 5.97 Å². The molecule has 1 aromatic carbocycles. The summed E-state index contributed by atoms with van der Waals surface area (Å²) in [6.45, 7) is 0. The lowest BCUT2D eigenvalue weighted by molar-refractivity contribution is -0.145. The van der Waals surface area contributed by atoms with Gasteiger partial charge in [0.2, 0.25) is 5.91 Å². The van der Waals surface area contributed by atoms with E-state index in [1.165, 1.54) is 0 Å². The molecule has 2 bridgehead atoms. The molecule has 0 spiro atoms. The Morgan fingerprint density at radius 2 is 1.95 bits per heavy atom. The molecule has 0 radical (unpaired) electrons. The quantitative estimate of drug-likeness (QED) is 0.657. The van der Waals surface area contributed by atoms with Crippen LogP contribution in [0.4, 0.5) is 5.69 Å². The fraction of sp³-hybridized carbons (Fsp3) is 0.333. The van der Waals surface area contributed by atoms with E-state index < -0.39 is 30.0 Å². The third-order valence-corrected chi connectivity index (χ3v) is 4.55. The Labute approximate surface area is 126 Å². The predicted molar refractivity (Wildman–Crippen MR) is 79.3 cm³/mol. The van der Waals surface area contributed by atoms with Crippen LogP contribution < -0.4 is 5.32 Å². The first-order chi connectivity index (χ1) is 10.1. The summed E-state index contributed by atoms with van der Waals surface area (Å²) < 4.78 is 5.51. The lowest BCUT2D eigenvalue weighted by atomic mass is 9.82. The molecule has 0 aliphatic carbocycles. The number of rotatable bonds is 4. The van der Waals surface area contributed by atoms with Crippen LogP contribution in [0.25, 0.3) is 0 Å². The Bertz CT molecular complexity index is 615. The van der Waals surface area contributed by atoms with Crippen molar-refractivity contribution in [1.29, 1.82) is 0 Å². The molecule has 2 aliphatic heterocycles. The molecule has 110 valence electrons. The van der Waals surface area contributed by atoms with Crippen molar-refractivity contribution < 1.29 is 19.4 Å². The molecule has 1 amide bonds. The number of hydrogen-bond donors (Lipinski definition) is 2. The molecule has 2 aliphatic rings. The van der Waals surface area contributed by atoms with Crippen LogP contribution in [-0.2, 0) is 14.3 Å². The number of anilines is 1. The van der Waals surface area contributed by atoms with Gasteiger partial charge in [0.05, 0.1) is 18.1 Å². The number of fused-ring (bicyclic) bond motifs is 2. The molecule has 4 atom stereocenters. The van der Waals surface area contributed by atoms with E-state index in [-0.39, 0.29) is 5.91 Å². The Balaban J connectivity index is 1.78. The zero-order valence-electron chi connectivity index (χ0n) is 11.4. The molecule has 1 aromatic rings. The van der Waals surface area contributed by atoms with Crippen molar-refractivity contribution >= 4 is 29.3 Å². The van der Waals surface area contributed by atoms with Gasteiger partial charge in [0.25, 0.3) is 0 Å². The van der Waals surface area contributed by atoms with Gasteiger partial charge < -0.3 is 15.2 Å². The van der Waals surface area contributed by atoms with Crippen molar-refractivity contribution in [3.63, 3.8) is 0 Å². The largest absolute Gasteiger partial charge is 0.481 e. The molecule has 21 heavy (non-hydrogen) atoms. The second-order valence-electron chi connectivity index (χ2n) is 5.06. The fourth-order valence-electron chi connectivity index (χ4n) is 2.84. The number of benzene rings is 1. The number of ether oxygens (including phenoxy) is 1. The van der Waals surface area contributed by atoms with E-state index >= 15 is 0 Å². The highest BCUT2D eigenvalue weighted by Crippen LogP contribution is 2.39. The smallest absolute Gasteiger partial charge is 0.310 e. The number of carbonyl (C=O) groups is 2. The van der Waals surface area contributed by atoms with E-state index in [9.17, 15) is 14.7 Å². The van der Waals surface area contributed by atoms with Gasteiger partial charge in [-0.3, -0.25) is 9.59 Å². The van der Waals surface area contributed by atoms with Crippen LogP contribution in [0.2, 0.25) is 0 Å². The summed E-state index contributed by atoms with van der Waals surface area (Å²) in [6.07, 6.45) is 4.50. The SMILES string of the molecule is CSc1cccc(NC(=O)[C@@H]2[C@@H](C(=O)O)[C@@H]3C=C[C@@H]2O3)c1. The minimum Gasteiger partial charge on any atom is -0.481 e. The van der Waals surface area contributed by atoms with Gasteiger partial charge in [0.15, 0.2) is 0 Å². The van der Waals surface area contributed by atoms with Gasteiger partial charge in [-0.05, 0) is 24.5 Å². The van der Waals surface area contributed by atoms with Gasteiger partial charge in [-0.2, -0.15) is 0 Å². The van der Waals surface area contributed by atoms with Gasteiger partial charge in [-0.25, -0.2) is 0 Å². The summed E-state index contributed by atoms with van der Waals surface area (Å²) >= 11 is 1.58. The number of amides is 1. The van der Waals surface area contributed by atoms with Crippen LogP contribution in [0.1, 0.15) is 0 Å². The minimum absolute atomic E-state index is 0.308. The highest BCUT2D eigenvalue weighted by Gasteiger charge is 2.53. The Hall–Kier alpha value is -1.79. The minimum atomic E-state index is -0.995. The molecule has 6 heteroatoms. The summed E-state index contributed by atoms with van der Waals surface area (Å²) in [4.78, 5) is 24.8. The highest BCUT2D eigenvalue weighted by atomic mass is 32.2. The summed E-state index contributed by atoms with van der Waals surface area (Å²) in [5.41, 5.74) is 0.669. The molecule has 1 saturated heterocycles. The van der Waals surface area contributed by atoms with E-state index in [4.69, 9.17) is 4.74 Å². The van der Waals surface area contributed by atoms with Gasteiger partial charge in [0.1, 0.15) is 5.92 Å². The van der Waals surface area contributed by atoms with Crippen molar-refractivity contribution in [1.82, 2.24) is 0 Å². The molecule has 2 N–H and O–H groups in total. The average molecular weight is 305 g/mol. The summed E-state index contributed by atoms with van der Waals surface area (Å²) in [6, 6.07) is 7.45. The number of carboxylic acids is 1. The summed E-state index contributed by atoms with van der Waals surface area (Å²) in [5.74, 6) is -2.80. The number of nitrogens with one attached hydrogen (secondary N) is 1. The molecule has 3 rings (SSSR count). The molecule has 0 unspecified atom stereocenters. The maximum absolute atomic E-state index is 12.4. The van der Waals surface area contributed by atoms with Crippen LogP contribution in [0.5, 0.6) is 0 Å². The molecule has 0 saturated carbocycles. The maximum atomic E-state index is 12.4. The topological polar surface area (TPSA) is 75.6 Å². The van der Waals surface area contributed by atoms with Crippen LogP contribution >= 0.6 is 11.8 Å². The Kier molecular flexibility index (Phi) is 3.73. The van der Waals surface area contributed by atoms with Crippen molar-refractivity contribution in [2.75, 3.05) is 11.6 Å². The van der Waals surface area contributed by atoms with Crippen molar-refractivity contribution in [2.45, 2.75) is 17.1 Å². The van der Waals surface area contributed by atoms with E-state index in [2.05, 4.69) is 5.32 Å². The number of thioether (sulfide) groups is 1. The highest BCUT2D eigenvalue weighted by molar-refractivity contribution is 7.98. The molecule has 0 aromatic heterocycles. The van der Waals surface area contributed by atoms with Crippen LogP contribution in [-0.4, -0.2) is 35.4 Å². The first kappa shape index (κ1) is 14.2. The monoisotopic (exact) mass is 305 g/mol. The van der Waals surface area contributed by atoms with Gasteiger partial charge in [-0.15, -0.1) is 11.8 Å². The van der Waals surface area contributed by atoms with Crippen molar-refractivity contribution in [2.24, 2.45) is 11.8 Å². The Morgan fingerprint density at radius 1 is 1.24 bits per heavy atom. The number of carboxylic acid groups (broad SMARTS) is 1. The summed E-state index contributed by atoms with van der Waals surface area (Å²) in [7, 11) is 0. The molecule has 2 heterocycles. The third-order valence-electron chi connectivity index (χ3n) is 3.82. The van der Waals surface area contributed by atoms with E-state index in [1.807, 2.05) is 24.5 Å². The normalized spacial score (nSPS) is 29.6. The van der Waals surface area contributed by atoms with Crippen molar-refractivity contribution in [3.8, 4) is 0 Å². The first-order valence-electron chi connectivity index (χ1n) is 6.61. The zero-order valence-corrected chi connectivity index (χ0v) is 12.2. The second kappa shape index (κ2) is 5.54.